The molecule has 0 spiro atoms. The second kappa shape index (κ2) is 7.01. The zero-order valence-electron chi connectivity index (χ0n) is 14.4. The van der Waals surface area contributed by atoms with Crippen LogP contribution in [0.15, 0.2) is 35.5 Å². The van der Waals surface area contributed by atoms with Crippen molar-refractivity contribution in [2.75, 3.05) is 0 Å². The van der Waals surface area contributed by atoms with Crippen LogP contribution in [0, 0.1) is 13.8 Å². The molecule has 0 aliphatic carbocycles. The van der Waals surface area contributed by atoms with Crippen LogP contribution in [0.4, 0.5) is 0 Å². The summed E-state index contributed by atoms with van der Waals surface area (Å²) in [6.45, 7) is 5.81. The average molecular weight is 376 g/mol. The van der Waals surface area contributed by atoms with Crippen molar-refractivity contribution in [2.45, 2.75) is 31.2 Å². The molecule has 0 N–H and O–H groups in total. The number of aryl methyl sites for hydroxylation is 2. The third kappa shape index (κ3) is 3.48. The van der Waals surface area contributed by atoms with Crippen LogP contribution in [0.3, 0.4) is 0 Å². The van der Waals surface area contributed by atoms with Crippen LogP contribution in [-0.4, -0.2) is 35.8 Å². The number of rotatable bonds is 5. The topological polar surface area (TPSA) is 65.6 Å². The molecule has 2 heterocycles. The van der Waals surface area contributed by atoms with Gasteiger partial charge in [-0.15, -0.1) is 5.10 Å². The SMILES string of the molecule is Cc1cc(C(=O)[C@@H](C)Sc2nnnn2C)c(C)n1-c1ccc(Cl)cc1. The first-order chi connectivity index (χ1) is 11.9. The third-order valence-corrected chi connectivity index (χ3v) is 5.39. The summed E-state index contributed by atoms with van der Waals surface area (Å²) in [6.07, 6.45) is 0. The molecule has 1 aromatic carbocycles. The van der Waals surface area contributed by atoms with Crippen molar-refractivity contribution >= 4 is 29.1 Å². The smallest absolute Gasteiger partial charge is 0.209 e. The normalized spacial score (nSPS) is 12.4. The van der Waals surface area contributed by atoms with Gasteiger partial charge in [-0.2, -0.15) is 0 Å². The minimum Gasteiger partial charge on any atom is -0.318 e. The Morgan fingerprint density at radius 3 is 2.52 bits per heavy atom. The Hall–Kier alpha value is -2.12. The summed E-state index contributed by atoms with van der Waals surface area (Å²) >= 11 is 7.32. The summed E-state index contributed by atoms with van der Waals surface area (Å²) in [5.74, 6) is 0.0568. The van der Waals surface area contributed by atoms with E-state index in [4.69, 9.17) is 11.6 Å². The lowest BCUT2D eigenvalue weighted by molar-refractivity contribution is 0.0993. The highest BCUT2D eigenvalue weighted by Gasteiger charge is 2.23. The van der Waals surface area contributed by atoms with Crippen LogP contribution in [0.2, 0.25) is 5.02 Å². The van der Waals surface area contributed by atoms with Crippen molar-refractivity contribution in [3.8, 4) is 5.69 Å². The van der Waals surface area contributed by atoms with Gasteiger partial charge in [0, 0.05) is 34.7 Å². The number of Topliss-reactive ketones (excluding diaryl/α,β-unsaturated/α-hetero) is 1. The zero-order valence-corrected chi connectivity index (χ0v) is 16.0. The van der Waals surface area contributed by atoms with Crippen LogP contribution in [-0.2, 0) is 7.05 Å². The van der Waals surface area contributed by atoms with E-state index < -0.39 is 0 Å². The van der Waals surface area contributed by atoms with Crippen molar-refractivity contribution in [1.82, 2.24) is 24.8 Å². The molecule has 2 aromatic heterocycles. The average Bonchev–Trinajstić information content (AvgIpc) is 3.11. The van der Waals surface area contributed by atoms with E-state index in [9.17, 15) is 4.79 Å². The molecule has 3 aromatic rings. The molecule has 0 saturated carbocycles. The second-order valence-corrected chi connectivity index (χ2v) is 7.55. The number of hydrogen-bond donors (Lipinski definition) is 0. The third-order valence-electron chi connectivity index (χ3n) is 4.01. The lowest BCUT2D eigenvalue weighted by atomic mass is 10.1. The van der Waals surface area contributed by atoms with Gasteiger partial charge in [0.1, 0.15) is 0 Å². The standard InChI is InChI=1S/C17H18ClN5OS/c1-10-9-15(11(2)23(10)14-7-5-13(18)6-8-14)16(24)12(3)25-17-19-20-21-22(17)4/h5-9,12H,1-4H3/t12-/m1/s1. The van der Waals surface area contributed by atoms with Gasteiger partial charge in [0.2, 0.25) is 5.16 Å². The number of aromatic nitrogens is 5. The van der Waals surface area contributed by atoms with Gasteiger partial charge >= 0.3 is 0 Å². The Bertz CT molecular complexity index is 916. The van der Waals surface area contributed by atoms with Gasteiger partial charge in [0.15, 0.2) is 5.78 Å². The molecule has 0 amide bonds. The predicted molar refractivity (Wildman–Crippen MR) is 98.7 cm³/mol. The van der Waals surface area contributed by atoms with Gasteiger partial charge in [-0.05, 0) is 61.5 Å². The van der Waals surface area contributed by atoms with Gasteiger partial charge in [0.05, 0.1) is 5.25 Å². The molecule has 0 unspecified atom stereocenters. The summed E-state index contributed by atoms with van der Waals surface area (Å²) < 4.78 is 3.62. The quantitative estimate of drug-likeness (QED) is 0.503. The summed E-state index contributed by atoms with van der Waals surface area (Å²) in [5.41, 5.74) is 3.60. The van der Waals surface area contributed by atoms with E-state index >= 15 is 0 Å². The second-order valence-electron chi connectivity index (χ2n) is 5.81. The Kier molecular flexibility index (Phi) is 4.96. The number of tetrazole rings is 1. The number of thioether (sulfide) groups is 1. The highest BCUT2D eigenvalue weighted by Crippen LogP contribution is 2.27. The van der Waals surface area contributed by atoms with Crippen LogP contribution in [0.1, 0.15) is 28.7 Å². The highest BCUT2D eigenvalue weighted by molar-refractivity contribution is 8.00. The van der Waals surface area contributed by atoms with Crippen molar-refractivity contribution in [2.24, 2.45) is 7.05 Å². The van der Waals surface area contributed by atoms with E-state index in [1.807, 2.05) is 51.1 Å². The number of nitrogens with zero attached hydrogens (tertiary/aromatic N) is 5. The fourth-order valence-corrected chi connectivity index (χ4v) is 3.70. The number of benzene rings is 1. The molecular weight excluding hydrogens is 358 g/mol. The van der Waals surface area contributed by atoms with E-state index in [0.29, 0.717) is 15.7 Å². The van der Waals surface area contributed by atoms with Crippen LogP contribution in [0.5, 0.6) is 0 Å². The number of carbonyl (C=O) groups is 1. The Balaban J connectivity index is 1.90. The van der Waals surface area contributed by atoms with Crippen molar-refractivity contribution in [3.63, 3.8) is 0 Å². The van der Waals surface area contributed by atoms with Crippen LogP contribution < -0.4 is 0 Å². The van der Waals surface area contributed by atoms with Gasteiger partial charge in [-0.25, -0.2) is 4.68 Å². The number of ketones is 1. The summed E-state index contributed by atoms with van der Waals surface area (Å²) in [7, 11) is 1.76. The Morgan fingerprint density at radius 1 is 1.24 bits per heavy atom. The van der Waals surface area contributed by atoms with Gasteiger partial charge in [0.25, 0.3) is 0 Å². The highest BCUT2D eigenvalue weighted by atomic mass is 35.5. The maximum atomic E-state index is 12.9. The molecule has 3 rings (SSSR count). The van der Waals surface area contributed by atoms with Gasteiger partial charge in [-0.1, -0.05) is 23.4 Å². The summed E-state index contributed by atoms with van der Waals surface area (Å²) in [6, 6.07) is 9.51. The van der Waals surface area contributed by atoms with Gasteiger partial charge < -0.3 is 4.57 Å². The summed E-state index contributed by atoms with van der Waals surface area (Å²) in [5, 5.41) is 12.3. The molecule has 0 fully saturated rings. The monoisotopic (exact) mass is 375 g/mol. The van der Waals surface area contributed by atoms with E-state index in [-0.39, 0.29) is 11.0 Å². The van der Waals surface area contributed by atoms with Crippen LogP contribution in [0.25, 0.3) is 5.69 Å². The lowest BCUT2D eigenvalue weighted by Crippen LogP contribution is -2.15. The van der Waals surface area contributed by atoms with E-state index in [1.165, 1.54) is 11.8 Å². The molecule has 130 valence electrons. The molecule has 0 aliphatic heterocycles. The first-order valence-electron chi connectivity index (χ1n) is 7.76. The van der Waals surface area contributed by atoms with Crippen molar-refractivity contribution in [3.05, 3.63) is 52.3 Å². The van der Waals surface area contributed by atoms with E-state index in [0.717, 1.165) is 17.1 Å². The largest absolute Gasteiger partial charge is 0.318 e. The van der Waals surface area contributed by atoms with E-state index in [2.05, 4.69) is 20.1 Å². The molecule has 1 atom stereocenters. The molecular formula is C17H18ClN5OS. The van der Waals surface area contributed by atoms with Crippen molar-refractivity contribution < 1.29 is 4.79 Å². The number of carbonyl (C=O) groups excluding carboxylic acids is 1. The fraction of sp³-hybridized carbons (Fsp3) is 0.294. The molecule has 6 nitrogen and oxygen atoms in total. The molecule has 0 saturated heterocycles. The fourth-order valence-electron chi connectivity index (χ4n) is 2.75. The summed E-state index contributed by atoms with van der Waals surface area (Å²) in [4.78, 5) is 12.9. The minimum atomic E-state index is -0.288. The molecule has 0 radical (unpaired) electrons. The minimum absolute atomic E-state index is 0.0568. The zero-order chi connectivity index (χ0) is 18.1. The number of hydrogen-bond acceptors (Lipinski definition) is 5. The Morgan fingerprint density at radius 2 is 1.92 bits per heavy atom. The number of halogens is 1. The molecule has 8 heteroatoms. The predicted octanol–water partition coefficient (Wildman–Crippen LogP) is 3.63. The maximum absolute atomic E-state index is 12.9. The lowest BCUT2D eigenvalue weighted by Gasteiger charge is -2.11. The maximum Gasteiger partial charge on any atom is 0.209 e. The van der Waals surface area contributed by atoms with Gasteiger partial charge in [-0.3, -0.25) is 4.79 Å². The Labute approximate surface area is 155 Å². The molecule has 0 bridgehead atoms. The van der Waals surface area contributed by atoms with Crippen molar-refractivity contribution in [1.29, 1.82) is 0 Å². The molecule has 0 aliphatic rings. The molecule has 25 heavy (non-hydrogen) atoms. The van der Waals surface area contributed by atoms with Crippen LogP contribution >= 0.6 is 23.4 Å². The first-order valence-corrected chi connectivity index (χ1v) is 9.02. The first kappa shape index (κ1) is 17.7. The van der Waals surface area contributed by atoms with E-state index in [1.54, 1.807) is 11.7 Å².